The smallest absolute Gasteiger partial charge is 0.238 e. The number of hydrogen-bond donors (Lipinski definition) is 0. The lowest BCUT2D eigenvalue weighted by Crippen LogP contribution is -2.06. The number of nitrogens with zero attached hydrogens (tertiary/aromatic N) is 4. The maximum absolute atomic E-state index is 6.53. The molecule has 0 N–H and O–H groups in total. The topological polar surface area (TPSA) is 56.7 Å². The van der Waals surface area contributed by atoms with Crippen LogP contribution in [0.3, 0.4) is 0 Å². The molecular weight excluding hydrogens is 564 g/mol. The predicted octanol–water partition coefficient (Wildman–Crippen LogP) is 10.5. The van der Waals surface area contributed by atoms with E-state index in [1.807, 2.05) is 42.5 Å². The molecule has 0 spiro atoms. The normalized spacial score (nSPS) is 11.9. The van der Waals surface area contributed by atoms with Crippen LogP contribution >= 0.6 is 0 Å². The number of rotatable bonds is 3. The Hall–Kier alpha value is -6.33. The van der Waals surface area contributed by atoms with E-state index in [1.54, 1.807) is 0 Å². The van der Waals surface area contributed by atoms with E-state index in [0.29, 0.717) is 17.6 Å². The SMILES string of the molecule is c1ccc(-c2nc(-c3cccc4oc5c6ccccc6ccc5c34)nc(-n3c4ccccc4c4cc5ccccc5cc43)n2)cc1. The highest BCUT2D eigenvalue weighted by molar-refractivity contribution is 6.19. The lowest BCUT2D eigenvalue weighted by molar-refractivity contribution is 0.672. The van der Waals surface area contributed by atoms with Crippen LogP contribution in [0.4, 0.5) is 0 Å². The maximum Gasteiger partial charge on any atom is 0.238 e. The van der Waals surface area contributed by atoms with Gasteiger partial charge >= 0.3 is 0 Å². The molecule has 0 aliphatic rings. The number of fused-ring (bicyclic) bond motifs is 9. The highest BCUT2D eigenvalue weighted by Gasteiger charge is 2.21. The average molecular weight is 589 g/mol. The second-order valence-corrected chi connectivity index (χ2v) is 11.7. The van der Waals surface area contributed by atoms with Crippen LogP contribution in [0.1, 0.15) is 0 Å². The molecule has 0 amide bonds. The van der Waals surface area contributed by atoms with Gasteiger partial charge in [-0.2, -0.15) is 9.97 Å². The van der Waals surface area contributed by atoms with Crippen molar-refractivity contribution in [3.63, 3.8) is 0 Å². The zero-order valence-corrected chi connectivity index (χ0v) is 24.6. The van der Waals surface area contributed by atoms with Gasteiger partial charge in [0.2, 0.25) is 5.95 Å². The molecule has 5 nitrogen and oxygen atoms in total. The summed E-state index contributed by atoms with van der Waals surface area (Å²) in [6, 6.07) is 50.3. The molecule has 0 aliphatic heterocycles. The van der Waals surface area contributed by atoms with E-state index in [9.17, 15) is 0 Å². The van der Waals surface area contributed by atoms with E-state index in [1.165, 1.54) is 10.8 Å². The number of aromatic nitrogens is 4. The van der Waals surface area contributed by atoms with Crippen molar-refractivity contribution in [1.29, 1.82) is 0 Å². The lowest BCUT2D eigenvalue weighted by atomic mass is 10.0. The van der Waals surface area contributed by atoms with Gasteiger partial charge in [0, 0.05) is 38.1 Å². The van der Waals surface area contributed by atoms with Crippen molar-refractivity contribution in [1.82, 2.24) is 19.5 Å². The summed E-state index contributed by atoms with van der Waals surface area (Å²) < 4.78 is 8.70. The first-order valence-electron chi connectivity index (χ1n) is 15.4. The van der Waals surface area contributed by atoms with Crippen LogP contribution in [0, 0.1) is 0 Å². The first-order valence-corrected chi connectivity index (χ1v) is 15.4. The molecule has 46 heavy (non-hydrogen) atoms. The minimum absolute atomic E-state index is 0.570. The molecule has 3 aromatic heterocycles. The molecule has 3 heterocycles. The summed E-state index contributed by atoms with van der Waals surface area (Å²) in [5.74, 6) is 1.78. The molecule has 10 aromatic rings. The van der Waals surface area contributed by atoms with Crippen LogP contribution < -0.4 is 0 Å². The molecule has 0 aliphatic carbocycles. The zero-order chi connectivity index (χ0) is 30.2. The van der Waals surface area contributed by atoms with Crippen molar-refractivity contribution in [3.05, 3.63) is 146 Å². The lowest BCUT2D eigenvalue weighted by Gasteiger charge is -2.11. The van der Waals surface area contributed by atoms with Crippen molar-refractivity contribution in [2.24, 2.45) is 0 Å². The van der Waals surface area contributed by atoms with Crippen LogP contribution in [0.25, 0.3) is 94.0 Å². The van der Waals surface area contributed by atoms with Crippen LogP contribution in [0.15, 0.2) is 150 Å². The van der Waals surface area contributed by atoms with Gasteiger partial charge in [0.1, 0.15) is 11.2 Å². The van der Waals surface area contributed by atoms with Gasteiger partial charge in [-0.3, -0.25) is 4.57 Å². The standard InChI is InChI=1S/C41H24N4O/c1-2-12-26(13-3-1)39-42-40(32-18-10-20-36-37(32)31-22-21-25-11-6-7-16-29(25)38(31)46-36)44-41(43-39)45-34-19-9-8-17-30(34)33-23-27-14-4-5-15-28(27)24-35(33)45/h1-24H. The Balaban J connectivity index is 1.31. The van der Waals surface area contributed by atoms with Crippen molar-refractivity contribution in [2.45, 2.75) is 0 Å². The fourth-order valence-corrected chi connectivity index (χ4v) is 6.91. The van der Waals surface area contributed by atoms with E-state index < -0.39 is 0 Å². The molecule has 5 heteroatoms. The van der Waals surface area contributed by atoms with Gasteiger partial charge in [0.25, 0.3) is 0 Å². The summed E-state index contributed by atoms with van der Waals surface area (Å²) in [6.07, 6.45) is 0. The number of para-hydroxylation sites is 1. The molecule has 10 rings (SSSR count). The predicted molar refractivity (Wildman–Crippen MR) is 187 cm³/mol. The Bertz CT molecular complexity index is 2810. The van der Waals surface area contributed by atoms with Gasteiger partial charge in [-0.1, -0.05) is 115 Å². The highest BCUT2D eigenvalue weighted by atomic mass is 16.3. The Kier molecular flexibility index (Phi) is 5.22. The first-order chi connectivity index (χ1) is 22.8. The van der Waals surface area contributed by atoms with E-state index in [2.05, 4.69) is 108 Å². The summed E-state index contributed by atoms with van der Waals surface area (Å²) in [6.45, 7) is 0. The molecular formula is C41H24N4O. The molecule has 0 saturated heterocycles. The Morgan fingerprint density at radius 3 is 2.04 bits per heavy atom. The summed E-state index contributed by atoms with van der Waals surface area (Å²) in [7, 11) is 0. The number of benzene rings is 7. The van der Waals surface area contributed by atoms with Crippen molar-refractivity contribution < 1.29 is 4.42 Å². The molecule has 0 bridgehead atoms. The summed E-state index contributed by atoms with van der Waals surface area (Å²) in [5, 5.41) is 8.94. The van der Waals surface area contributed by atoms with Crippen LogP contribution in [-0.2, 0) is 0 Å². The molecule has 0 unspecified atom stereocenters. The van der Waals surface area contributed by atoms with E-state index >= 15 is 0 Å². The van der Waals surface area contributed by atoms with Crippen LogP contribution in [-0.4, -0.2) is 19.5 Å². The largest absolute Gasteiger partial charge is 0.455 e. The van der Waals surface area contributed by atoms with Gasteiger partial charge in [-0.15, -0.1) is 0 Å². The van der Waals surface area contributed by atoms with E-state index in [-0.39, 0.29) is 0 Å². The molecule has 0 atom stereocenters. The Morgan fingerprint density at radius 1 is 0.457 bits per heavy atom. The quantitative estimate of drug-likeness (QED) is 0.206. The van der Waals surface area contributed by atoms with Crippen molar-refractivity contribution in [2.75, 3.05) is 0 Å². The summed E-state index contributed by atoms with van der Waals surface area (Å²) >= 11 is 0. The molecule has 214 valence electrons. The van der Waals surface area contributed by atoms with E-state index in [0.717, 1.165) is 65.6 Å². The molecule has 7 aromatic carbocycles. The summed E-state index contributed by atoms with van der Waals surface area (Å²) in [5.41, 5.74) is 5.59. The minimum atomic E-state index is 0.570. The van der Waals surface area contributed by atoms with Gasteiger partial charge in [-0.05, 0) is 46.5 Å². The third-order valence-electron chi connectivity index (χ3n) is 9.02. The first kappa shape index (κ1) is 25.0. The average Bonchev–Trinajstić information content (AvgIpc) is 3.67. The van der Waals surface area contributed by atoms with Crippen molar-refractivity contribution >= 4 is 65.3 Å². The highest BCUT2D eigenvalue weighted by Crippen LogP contribution is 2.40. The molecule has 0 saturated carbocycles. The van der Waals surface area contributed by atoms with E-state index in [4.69, 9.17) is 19.4 Å². The number of hydrogen-bond acceptors (Lipinski definition) is 4. The second-order valence-electron chi connectivity index (χ2n) is 11.7. The Labute approximate surface area is 263 Å². The molecule has 0 radical (unpaired) electrons. The third-order valence-corrected chi connectivity index (χ3v) is 9.02. The molecule has 0 fully saturated rings. The Morgan fingerprint density at radius 2 is 1.17 bits per heavy atom. The van der Waals surface area contributed by atoms with Gasteiger partial charge in [0.15, 0.2) is 11.6 Å². The van der Waals surface area contributed by atoms with Gasteiger partial charge < -0.3 is 4.42 Å². The van der Waals surface area contributed by atoms with Crippen molar-refractivity contribution in [3.8, 4) is 28.7 Å². The second kappa shape index (κ2) is 9.58. The third kappa shape index (κ3) is 3.66. The fourth-order valence-electron chi connectivity index (χ4n) is 6.91. The maximum atomic E-state index is 6.53. The van der Waals surface area contributed by atoms with Gasteiger partial charge in [-0.25, -0.2) is 4.98 Å². The monoisotopic (exact) mass is 588 g/mol. The van der Waals surface area contributed by atoms with Gasteiger partial charge in [0.05, 0.1) is 11.0 Å². The van der Waals surface area contributed by atoms with Crippen LogP contribution in [0.5, 0.6) is 0 Å². The van der Waals surface area contributed by atoms with Crippen LogP contribution in [0.2, 0.25) is 0 Å². The zero-order valence-electron chi connectivity index (χ0n) is 24.6. The number of furan rings is 1. The fraction of sp³-hybridized carbons (Fsp3) is 0. The summed E-state index contributed by atoms with van der Waals surface area (Å²) in [4.78, 5) is 15.5. The minimum Gasteiger partial charge on any atom is -0.455 e.